The second-order valence-corrected chi connectivity index (χ2v) is 5.82. The van der Waals surface area contributed by atoms with Crippen LogP contribution < -0.4 is 5.73 Å². The number of aryl methyl sites for hydroxylation is 1. The van der Waals surface area contributed by atoms with Crippen LogP contribution in [0.1, 0.15) is 23.2 Å². The number of benzene rings is 1. The van der Waals surface area contributed by atoms with Crippen molar-refractivity contribution in [1.29, 1.82) is 0 Å². The fraction of sp³-hybridized carbons (Fsp3) is 0.438. The van der Waals surface area contributed by atoms with Gasteiger partial charge >= 0.3 is 0 Å². The second kappa shape index (κ2) is 4.86. The first-order chi connectivity index (χ1) is 10.2. The van der Waals surface area contributed by atoms with Gasteiger partial charge in [0, 0.05) is 24.7 Å². The Bertz CT molecular complexity index is 642. The van der Waals surface area contributed by atoms with E-state index in [9.17, 15) is 0 Å². The van der Waals surface area contributed by atoms with E-state index in [1.54, 1.807) is 0 Å². The molecule has 1 aromatic carbocycles. The minimum atomic E-state index is -0.387. The van der Waals surface area contributed by atoms with E-state index in [-0.39, 0.29) is 5.79 Å². The van der Waals surface area contributed by atoms with Crippen LogP contribution in [-0.2, 0) is 28.9 Å². The van der Waals surface area contributed by atoms with E-state index < -0.39 is 0 Å². The van der Waals surface area contributed by atoms with E-state index in [2.05, 4.69) is 6.20 Å². The highest BCUT2D eigenvalue weighted by Crippen LogP contribution is 2.34. The summed E-state index contributed by atoms with van der Waals surface area (Å²) in [6, 6.07) is 7.93. The molecule has 5 heteroatoms. The van der Waals surface area contributed by atoms with Crippen molar-refractivity contribution in [2.75, 3.05) is 18.9 Å². The molecule has 0 amide bonds. The SMILES string of the molecule is Nc1ccc(Cn2cc3c(n2)CCC2(C3)OCCO2)cc1. The van der Waals surface area contributed by atoms with Gasteiger partial charge in [-0.3, -0.25) is 4.68 Å². The summed E-state index contributed by atoms with van der Waals surface area (Å²) in [5.41, 5.74) is 10.1. The maximum atomic E-state index is 5.81. The molecule has 0 atom stereocenters. The van der Waals surface area contributed by atoms with E-state index in [0.29, 0.717) is 13.2 Å². The number of nitrogens with two attached hydrogens (primary N) is 1. The van der Waals surface area contributed by atoms with Crippen molar-refractivity contribution in [3.8, 4) is 0 Å². The van der Waals surface area contributed by atoms with Crippen LogP contribution in [0.3, 0.4) is 0 Å². The molecule has 1 spiro atoms. The van der Waals surface area contributed by atoms with Crippen LogP contribution in [0.2, 0.25) is 0 Å². The van der Waals surface area contributed by atoms with Crippen LogP contribution in [-0.4, -0.2) is 28.8 Å². The predicted octanol–water partition coefficient (Wildman–Crippen LogP) is 1.75. The van der Waals surface area contributed by atoms with Gasteiger partial charge < -0.3 is 15.2 Å². The number of aromatic nitrogens is 2. The van der Waals surface area contributed by atoms with Crippen molar-refractivity contribution >= 4 is 5.69 Å². The lowest BCUT2D eigenvalue weighted by atomic mass is 9.92. The predicted molar refractivity (Wildman–Crippen MR) is 78.8 cm³/mol. The molecule has 0 bridgehead atoms. The first kappa shape index (κ1) is 12.9. The molecule has 0 unspecified atom stereocenters. The molecule has 4 rings (SSSR count). The number of nitrogens with zero attached hydrogens (tertiary/aromatic N) is 2. The summed E-state index contributed by atoms with van der Waals surface area (Å²) >= 11 is 0. The Labute approximate surface area is 123 Å². The van der Waals surface area contributed by atoms with Crippen molar-refractivity contribution in [1.82, 2.24) is 9.78 Å². The van der Waals surface area contributed by atoms with E-state index in [0.717, 1.165) is 31.5 Å². The second-order valence-electron chi connectivity index (χ2n) is 5.82. The van der Waals surface area contributed by atoms with Crippen molar-refractivity contribution in [2.45, 2.75) is 31.6 Å². The Morgan fingerprint density at radius 3 is 2.71 bits per heavy atom. The van der Waals surface area contributed by atoms with Gasteiger partial charge in [0.15, 0.2) is 5.79 Å². The summed E-state index contributed by atoms with van der Waals surface area (Å²) < 4.78 is 13.6. The number of ether oxygens (including phenoxy) is 2. The molecule has 2 N–H and O–H groups in total. The zero-order valence-electron chi connectivity index (χ0n) is 11.9. The fourth-order valence-electron chi connectivity index (χ4n) is 3.18. The molecule has 1 aliphatic carbocycles. The Morgan fingerprint density at radius 1 is 1.19 bits per heavy atom. The van der Waals surface area contributed by atoms with Crippen LogP contribution in [0.4, 0.5) is 5.69 Å². The number of nitrogen functional groups attached to an aromatic ring is 1. The Kier molecular flexibility index (Phi) is 2.97. The highest BCUT2D eigenvalue weighted by Gasteiger charge is 2.40. The third-order valence-electron chi connectivity index (χ3n) is 4.27. The zero-order valence-corrected chi connectivity index (χ0v) is 11.9. The van der Waals surface area contributed by atoms with Gasteiger partial charge in [0.05, 0.1) is 25.5 Å². The smallest absolute Gasteiger partial charge is 0.172 e. The lowest BCUT2D eigenvalue weighted by molar-refractivity contribution is -0.163. The molecule has 0 saturated carbocycles. The molecular weight excluding hydrogens is 266 g/mol. The minimum absolute atomic E-state index is 0.387. The van der Waals surface area contributed by atoms with Crippen LogP contribution in [0.25, 0.3) is 0 Å². The number of anilines is 1. The zero-order chi connectivity index (χ0) is 14.3. The third-order valence-corrected chi connectivity index (χ3v) is 4.27. The van der Waals surface area contributed by atoms with Gasteiger partial charge in [-0.05, 0) is 29.7 Å². The highest BCUT2D eigenvalue weighted by molar-refractivity contribution is 5.39. The van der Waals surface area contributed by atoms with Crippen LogP contribution >= 0.6 is 0 Å². The van der Waals surface area contributed by atoms with E-state index in [1.807, 2.05) is 28.9 Å². The fourth-order valence-corrected chi connectivity index (χ4v) is 3.18. The first-order valence-corrected chi connectivity index (χ1v) is 7.40. The number of hydrogen-bond donors (Lipinski definition) is 1. The summed E-state index contributed by atoms with van der Waals surface area (Å²) in [7, 11) is 0. The lowest BCUT2D eigenvalue weighted by Gasteiger charge is -2.30. The van der Waals surface area contributed by atoms with Gasteiger partial charge in [0.2, 0.25) is 0 Å². The highest BCUT2D eigenvalue weighted by atomic mass is 16.7. The Balaban J connectivity index is 1.54. The average Bonchev–Trinajstić information content (AvgIpc) is 3.08. The van der Waals surface area contributed by atoms with E-state index in [1.165, 1.54) is 16.8 Å². The maximum absolute atomic E-state index is 5.81. The standard InChI is InChI=1S/C16H19N3O2/c17-14-3-1-12(2-4-14)10-19-11-13-9-16(20-7-8-21-16)6-5-15(13)18-19/h1-4,11H,5-10,17H2. The summed E-state index contributed by atoms with van der Waals surface area (Å²) in [6.07, 6.45) is 4.75. The monoisotopic (exact) mass is 285 g/mol. The summed E-state index contributed by atoms with van der Waals surface area (Å²) in [5, 5.41) is 4.70. The van der Waals surface area contributed by atoms with Gasteiger partial charge in [0.1, 0.15) is 0 Å². The van der Waals surface area contributed by atoms with Gasteiger partial charge in [-0.2, -0.15) is 5.10 Å². The molecule has 2 aliphatic rings. The third kappa shape index (κ3) is 2.43. The molecule has 1 fully saturated rings. The van der Waals surface area contributed by atoms with Gasteiger partial charge in [0.25, 0.3) is 0 Å². The molecule has 0 radical (unpaired) electrons. The molecule has 1 saturated heterocycles. The summed E-state index contributed by atoms with van der Waals surface area (Å²) in [5.74, 6) is -0.387. The number of rotatable bonds is 2. The summed E-state index contributed by atoms with van der Waals surface area (Å²) in [6.45, 7) is 2.17. The van der Waals surface area contributed by atoms with Crippen molar-refractivity contribution in [3.63, 3.8) is 0 Å². The summed E-state index contributed by atoms with van der Waals surface area (Å²) in [4.78, 5) is 0. The minimum Gasteiger partial charge on any atom is -0.399 e. The first-order valence-electron chi connectivity index (χ1n) is 7.40. The van der Waals surface area contributed by atoms with Crippen LogP contribution in [0.15, 0.2) is 30.5 Å². The maximum Gasteiger partial charge on any atom is 0.172 e. The molecule has 5 nitrogen and oxygen atoms in total. The van der Waals surface area contributed by atoms with E-state index >= 15 is 0 Å². The van der Waals surface area contributed by atoms with Gasteiger partial charge in [-0.25, -0.2) is 0 Å². The van der Waals surface area contributed by atoms with Crippen molar-refractivity contribution < 1.29 is 9.47 Å². The molecular formula is C16H19N3O2. The molecule has 110 valence electrons. The van der Waals surface area contributed by atoms with Gasteiger partial charge in [-0.1, -0.05) is 12.1 Å². The van der Waals surface area contributed by atoms with Crippen LogP contribution in [0, 0.1) is 0 Å². The number of fused-ring (bicyclic) bond motifs is 1. The van der Waals surface area contributed by atoms with Crippen molar-refractivity contribution in [2.24, 2.45) is 0 Å². The molecule has 2 heterocycles. The largest absolute Gasteiger partial charge is 0.399 e. The number of hydrogen-bond acceptors (Lipinski definition) is 4. The normalized spacial score (nSPS) is 19.8. The molecule has 1 aliphatic heterocycles. The molecule has 1 aromatic heterocycles. The average molecular weight is 285 g/mol. The Morgan fingerprint density at radius 2 is 1.95 bits per heavy atom. The quantitative estimate of drug-likeness (QED) is 0.854. The lowest BCUT2D eigenvalue weighted by Crippen LogP contribution is -2.36. The molecule has 2 aromatic rings. The Hall–Kier alpha value is -1.85. The topological polar surface area (TPSA) is 62.3 Å². The van der Waals surface area contributed by atoms with Crippen molar-refractivity contribution in [3.05, 3.63) is 47.3 Å². The van der Waals surface area contributed by atoms with Gasteiger partial charge in [-0.15, -0.1) is 0 Å². The molecule has 21 heavy (non-hydrogen) atoms. The van der Waals surface area contributed by atoms with E-state index in [4.69, 9.17) is 20.3 Å². The van der Waals surface area contributed by atoms with Crippen LogP contribution in [0.5, 0.6) is 0 Å².